The fraction of sp³-hybridized carbons (Fsp3) is 0.100. The average molecular weight is 413 g/mol. The Morgan fingerprint density at radius 2 is 1.93 bits per heavy atom. The van der Waals surface area contributed by atoms with E-state index in [0.717, 1.165) is 5.69 Å². The normalized spacial score (nSPS) is 11.4. The van der Waals surface area contributed by atoms with Crippen molar-refractivity contribution < 1.29 is 13.6 Å². The summed E-state index contributed by atoms with van der Waals surface area (Å²) in [5.41, 5.74) is 12.9. The summed E-state index contributed by atoms with van der Waals surface area (Å²) in [7, 11) is 1.75. The Hall–Kier alpha value is -4.08. The minimum absolute atomic E-state index is 0.200. The van der Waals surface area contributed by atoms with Gasteiger partial charge in [-0.2, -0.15) is 5.10 Å². The molecule has 0 saturated heterocycles. The summed E-state index contributed by atoms with van der Waals surface area (Å²) in [5.74, 6) is 0.374. The molecule has 10 heteroatoms. The van der Waals surface area contributed by atoms with Crippen molar-refractivity contribution >= 4 is 23.1 Å². The molecule has 0 spiro atoms. The van der Waals surface area contributed by atoms with Gasteiger partial charge in [0.25, 0.3) is 6.43 Å². The quantitative estimate of drug-likeness (QED) is 0.493. The van der Waals surface area contributed by atoms with Gasteiger partial charge in [-0.15, -0.1) is 0 Å². The summed E-state index contributed by atoms with van der Waals surface area (Å²) in [5, 5.41) is 9.36. The van der Waals surface area contributed by atoms with E-state index in [1.807, 2.05) is 0 Å². The third-order valence-electron chi connectivity index (χ3n) is 4.34. The molecule has 2 aromatic carbocycles. The molecule has 1 heterocycles. The Labute approximate surface area is 171 Å². The smallest absolute Gasteiger partial charge is 0.323 e. The van der Waals surface area contributed by atoms with Crippen LogP contribution in [0.2, 0.25) is 0 Å². The highest BCUT2D eigenvalue weighted by Gasteiger charge is 2.14. The Bertz CT molecular complexity index is 1030. The number of amides is 2. The molecule has 3 aromatic rings. The number of carbonyl (C=O) groups is 1. The first kappa shape index (κ1) is 20.6. The number of anilines is 3. The first-order valence-corrected chi connectivity index (χ1v) is 8.90. The predicted octanol–water partition coefficient (Wildman–Crippen LogP) is 3.61. The number of rotatable bonds is 6. The van der Waals surface area contributed by atoms with Crippen LogP contribution in [-0.4, -0.2) is 22.9 Å². The van der Waals surface area contributed by atoms with Crippen molar-refractivity contribution in [2.45, 2.75) is 6.43 Å². The number of nitrogens with two attached hydrogens (primary N) is 2. The third kappa shape index (κ3) is 4.66. The molecule has 0 fully saturated rings. The van der Waals surface area contributed by atoms with E-state index < -0.39 is 12.5 Å². The lowest BCUT2D eigenvalue weighted by Crippen LogP contribution is -2.24. The summed E-state index contributed by atoms with van der Waals surface area (Å²) in [6.45, 7) is 0. The number of nitrogens with one attached hydrogen (secondary N) is 2. The van der Waals surface area contributed by atoms with Gasteiger partial charge in [0.15, 0.2) is 0 Å². The number of alkyl halides is 2. The molecule has 6 N–H and O–H groups in total. The molecule has 156 valence electrons. The molecule has 0 radical (unpaired) electrons. The van der Waals surface area contributed by atoms with Crippen LogP contribution in [0, 0.1) is 0 Å². The van der Waals surface area contributed by atoms with Crippen LogP contribution in [0.15, 0.2) is 72.9 Å². The number of aromatic nitrogens is 2. The lowest BCUT2D eigenvalue weighted by Gasteiger charge is -2.19. The van der Waals surface area contributed by atoms with Gasteiger partial charge in [0.2, 0.25) is 0 Å². The maximum Gasteiger partial charge on any atom is 0.323 e. The van der Waals surface area contributed by atoms with Gasteiger partial charge in [0.05, 0.1) is 11.4 Å². The zero-order valence-electron chi connectivity index (χ0n) is 16.1. The average Bonchev–Trinajstić information content (AvgIpc) is 3.27. The van der Waals surface area contributed by atoms with E-state index in [2.05, 4.69) is 15.7 Å². The molecule has 3 rings (SSSR count). The van der Waals surface area contributed by atoms with Gasteiger partial charge in [-0.3, -0.25) is 0 Å². The van der Waals surface area contributed by atoms with Gasteiger partial charge in [-0.25, -0.2) is 18.3 Å². The van der Waals surface area contributed by atoms with Gasteiger partial charge >= 0.3 is 6.03 Å². The molecule has 0 unspecified atom stereocenters. The second kappa shape index (κ2) is 8.95. The van der Waals surface area contributed by atoms with Crippen LogP contribution in [0.25, 0.3) is 5.69 Å². The molecule has 8 nitrogen and oxygen atoms in total. The second-order valence-corrected chi connectivity index (χ2v) is 6.30. The van der Waals surface area contributed by atoms with Crippen LogP contribution >= 0.6 is 0 Å². The first-order valence-electron chi connectivity index (χ1n) is 8.90. The lowest BCUT2D eigenvalue weighted by molar-refractivity contribution is 0.151. The lowest BCUT2D eigenvalue weighted by atomic mass is 10.1. The number of carbonyl (C=O) groups excluding carboxylic acids is 1. The number of benzene rings is 2. The zero-order chi connectivity index (χ0) is 21.7. The number of hydrogen-bond donors (Lipinski definition) is 4. The molecule has 30 heavy (non-hydrogen) atoms. The molecular formula is C20H21F2N7O. The highest BCUT2D eigenvalue weighted by Crippen LogP contribution is 2.27. The number of hydrogen-bond acceptors (Lipinski definition) is 5. The van der Waals surface area contributed by atoms with Gasteiger partial charge in [0.1, 0.15) is 5.82 Å². The van der Waals surface area contributed by atoms with Gasteiger partial charge < -0.3 is 27.0 Å². The van der Waals surface area contributed by atoms with Crippen molar-refractivity contribution in [3.05, 3.63) is 78.5 Å². The summed E-state index contributed by atoms with van der Waals surface area (Å²) in [6, 6.07) is 12.0. The SMILES string of the molecule is CN(/C(N)=C\N)c1ccc(NC(=O)Nc2cc(C(F)F)ccc2-n2cccn2)cc1. The number of halogens is 2. The molecule has 0 aliphatic heterocycles. The maximum absolute atomic E-state index is 13.1. The molecule has 1 aromatic heterocycles. The fourth-order valence-electron chi connectivity index (χ4n) is 2.71. The van der Waals surface area contributed by atoms with Crippen LogP contribution in [0.3, 0.4) is 0 Å². The van der Waals surface area contributed by atoms with E-state index in [0.29, 0.717) is 17.2 Å². The van der Waals surface area contributed by atoms with Crippen molar-refractivity contribution in [3.8, 4) is 5.69 Å². The molecule has 0 aliphatic rings. The maximum atomic E-state index is 13.1. The van der Waals surface area contributed by atoms with Crippen molar-refractivity contribution in [2.75, 3.05) is 22.6 Å². The highest BCUT2D eigenvalue weighted by atomic mass is 19.3. The predicted molar refractivity (Wildman–Crippen MR) is 112 cm³/mol. The van der Waals surface area contributed by atoms with E-state index >= 15 is 0 Å². The summed E-state index contributed by atoms with van der Waals surface area (Å²) in [6.07, 6.45) is 1.82. The van der Waals surface area contributed by atoms with E-state index in [-0.39, 0.29) is 11.3 Å². The summed E-state index contributed by atoms with van der Waals surface area (Å²) in [4.78, 5) is 14.1. The van der Waals surface area contributed by atoms with Crippen LogP contribution in [0.1, 0.15) is 12.0 Å². The van der Waals surface area contributed by atoms with Crippen molar-refractivity contribution in [1.82, 2.24) is 9.78 Å². The van der Waals surface area contributed by atoms with Crippen LogP contribution in [0.4, 0.5) is 30.6 Å². The fourth-order valence-corrected chi connectivity index (χ4v) is 2.71. The van der Waals surface area contributed by atoms with Gasteiger partial charge in [0, 0.05) is 42.6 Å². The van der Waals surface area contributed by atoms with E-state index in [1.165, 1.54) is 29.1 Å². The third-order valence-corrected chi connectivity index (χ3v) is 4.34. The summed E-state index contributed by atoms with van der Waals surface area (Å²) >= 11 is 0. The van der Waals surface area contributed by atoms with Crippen molar-refractivity contribution in [1.29, 1.82) is 0 Å². The molecule has 0 bridgehead atoms. The van der Waals surface area contributed by atoms with E-state index in [4.69, 9.17) is 11.5 Å². The monoisotopic (exact) mass is 413 g/mol. The van der Waals surface area contributed by atoms with Crippen LogP contribution in [-0.2, 0) is 0 Å². The largest absolute Gasteiger partial charge is 0.402 e. The molecular weight excluding hydrogens is 392 g/mol. The van der Waals surface area contributed by atoms with Crippen LogP contribution < -0.4 is 27.0 Å². The minimum atomic E-state index is -2.67. The first-order chi connectivity index (χ1) is 14.4. The Morgan fingerprint density at radius 3 is 2.53 bits per heavy atom. The van der Waals surface area contributed by atoms with Crippen LogP contribution in [0.5, 0.6) is 0 Å². The second-order valence-electron chi connectivity index (χ2n) is 6.30. The van der Waals surface area contributed by atoms with Crippen molar-refractivity contribution in [2.24, 2.45) is 11.5 Å². The topological polar surface area (TPSA) is 114 Å². The highest BCUT2D eigenvalue weighted by molar-refractivity contribution is 6.01. The molecule has 0 saturated carbocycles. The van der Waals surface area contributed by atoms with E-state index in [1.54, 1.807) is 54.7 Å². The Balaban J connectivity index is 1.77. The summed E-state index contributed by atoms with van der Waals surface area (Å²) < 4.78 is 27.7. The van der Waals surface area contributed by atoms with E-state index in [9.17, 15) is 13.6 Å². The molecule has 0 atom stereocenters. The molecule has 0 aliphatic carbocycles. The van der Waals surface area contributed by atoms with Gasteiger partial charge in [-0.05, 0) is 42.5 Å². The van der Waals surface area contributed by atoms with Crippen molar-refractivity contribution in [3.63, 3.8) is 0 Å². The Morgan fingerprint density at radius 1 is 1.20 bits per heavy atom. The number of urea groups is 1. The standard InChI is InChI=1S/C20H21F2N7O/c1-28(18(24)12-23)15-6-4-14(5-7-15)26-20(30)27-16-11-13(19(21)22)3-8-17(16)29-10-2-9-25-29/h2-12,19H,23-24H2,1H3,(H2,26,27,30)/b18-12-. The number of nitrogens with zero attached hydrogens (tertiary/aromatic N) is 3. The zero-order valence-corrected chi connectivity index (χ0v) is 16.1. The Kier molecular flexibility index (Phi) is 6.16. The van der Waals surface area contributed by atoms with Gasteiger partial charge in [-0.1, -0.05) is 6.07 Å². The minimum Gasteiger partial charge on any atom is -0.402 e. The molecule has 2 amide bonds.